The topological polar surface area (TPSA) is 64.2 Å². The fraction of sp³-hybridized carbons (Fsp3) is 0.600. The van der Waals surface area contributed by atoms with Gasteiger partial charge in [0.2, 0.25) is 5.91 Å². The van der Waals surface area contributed by atoms with E-state index < -0.39 is 0 Å². The summed E-state index contributed by atoms with van der Waals surface area (Å²) in [7, 11) is 0. The lowest BCUT2D eigenvalue weighted by molar-refractivity contribution is -0.124. The van der Waals surface area contributed by atoms with Gasteiger partial charge in [0.25, 0.3) is 0 Å². The number of carbonyl (C=O) groups is 1. The third-order valence-corrected chi connectivity index (χ3v) is 3.98. The van der Waals surface area contributed by atoms with Crippen molar-refractivity contribution in [1.82, 2.24) is 14.7 Å². The molecule has 2 rings (SSSR count). The van der Waals surface area contributed by atoms with Gasteiger partial charge < -0.3 is 10.6 Å². The van der Waals surface area contributed by atoms with E-state index in [1.165, 1.54) is 0 Å². The number of likely N-dealkylation sites (tertiary alicyclic amines) is 1. The van der Waals surface area contributed by atoms with E-state index in [9.17, 15) is 4.79 Å². The normalized spacial score (nSPS) is 19.1. The third kappa shape index (κ3) is 3.86. The average Bonchev–Trinajstić information content (AvgIpc) is 2.93. The highest BCUT2D eigenvalue weighted by molar-refractivity contribution is 6.31. The van der Waals surface area contributed by atoms with Crippen molar-refractivity contribution in [2.45, 2.75) is 39.8 Å². The maximum absolute atomic E-state index is 12.1. The average molecular weight is 311 g/mol. The lowest BCUT2D eigenvalue weighted by Gasteiger charge is -2.12. The third-order valence-electron chi connectivity index (χ3n) is 3.58. The number of aryl methyl sites for hydroxylation is 1. The summed E-state index contributed by atoms with van der Waals surface area (Å²) in [4.78, 5) is 13.9. The Labute approximate surface area is 130 Å². The highest BCUT2D eigenvalue weighted by Gasteiger charge is 2.22. The summed E-state index contributed by atoms with van der Waals surface area (Å²) < 4.78 is 1.79. The van der Waals surface area contributed by atoms with Crippen LogP contribution in [0.4, 0.5) is 0 Å². The largest absolute Gasteiger partial charge is 0.338 e. The molecule has 1 aromatic heterocycles. The first-order chi connectivity index (χ1) is 9.88. The number of halogens is 1. The maximum atomic E-state index is 12.1. The van der Waals surface area contributed by atoms with E-state index in [0.717, 1.165) is 30.8 Å². The summed E-state index contributed by atoms with van der Waals surface area (Å²) >= 11 is 6.34. The van der Waals surface area contributed by atoms with Crippen LogP contribution < -0.4 is 5.73 Å². The second-order valence-corrected chi connectivity index (χ2v) is 6.39. The quantitative estimate of drug-likeness (QED) is 0.866. The maximum Gasteiger partial charge on any atom is 0.246 e. The molecule has 1 aliphatic heterocycles. The fourth-order valence-corrected chi connectivity index (χ4v) is 2.78. The van der Waals surface area contributed by atoms with Crippen molar-refractivity contribution in [2.24, 2.45) is 11.7 Å². The Morgan fingerprint density at radius 2 is 2.29 bits per heavy atom. The summed E-state index contributed by atoms with van der Waals surface area (Å²) in [5, 5.41) is 5.01. The molecule has 2 N–H and O–H groups in total. The number of carbonyl (C=O) groups excluding carboxylic acids is 1. The molecule has 1 atom stereocenters. The molecular formula is C15H23ClN4O. The van der Waals surface area contributed by atoms with E-state index in [-0.39, 0.29) is 11.9 Å². The molecule has 6 heteroatoms. The van der Waals surface area contributed by atoms with Crippen LogP contribution >= 0.6 is 11.6 Å². The zero-order valence-corrected chi connectivity index (χ0v) is 13.6. The SMILES string of the molecule is Cc1nn(CC(C)C)c(Cl)c1/C=C/C(=O)N1CC[C@@H](N)C1. The first kappa shape index (κ1) is 16.0. The molecular weight excluding hydrogens is 288 g/mol. The number of hydrogen-bond donors (Lipinski definition) is 1. The molecule has 0 bridgehead atoms. The van der Waals surface area contributed by atoms with Crippen molar-refractivity contribution < 1.29 is 4.79 Å². The predicted octanol–water partition coefficient (Wildman–Crippen LogP) is 2.07. The van der Waals surface area contributed by atoms with E-state index in [2.05, 4.69) is 18.9 Å². The van der Waals surface area contributed by atoms with Crippen molar-refractivity contribution in [3.63, 3.8) is 0 Å². The minimum atomic E-state index is -0.0185. The Hall–Kier alpha value is -1.33. The summed E-state index contributed by atoms with van der Waals surface area (Å²) in [6, 6.07) is 0.0986. The van der Waals surface area contributed by atoms with Crippen LogP contribution in [0, 0.1) is 12.8 Å². The van der Waals surface area contributed by atoms with Crippen LogP contribution in [-0.4, -0.2) is 39.7 Å². The second kappa shape index (κ2) is 6.62. The minimum Gasteiger partial charge on any atom is -0.338 e. The van der Waals surface area contributed by atoms with Crippen LogP contribution in [-0.2, 0) is 11.3 Å². The second-order valence-electron chi connectivity index (χ2n) is 6.03. The van der Waals surface area contributed by atoms with E-state index >= 15 is 0 Å². The fourth-order valence-electron chi connectivity index (χ4n) is 2.47. The number of rotatable bonds is 4. The van der Waals surface area contributed by atoms with Crippen molar-refractivity contribution in [3.05, 3.63) is 22.5 Å². The number of amides is 1. The van der Waals surface area contributed by atoms with Crippen LogP contribution in [0.2, 0.25) is 5.15 Å². The monoisotopic (exact) mass is 310 g/mol. The van der Waals surface area contributed by atoms with Crippen molar-refractivity contribution >= 4 is 23.6 Å². The molecule has 116 valence electrons. The van der Waals surface area contributed by atoms with Gasteiger partial charge >= 0.3 is 0 Å². The smallest absolute Gasteiger partial charge is 0.246 e. The summed E-state index contributed by atoms with van der Waals surface area (Å²) in [6.07, 6.45) is 4.19. The van der Waals surface area contributed by atoms with E-state index in [1.54, 1.807) is 21.7 Å². The summed E-state index contributed by atoms with van der Waals surface area (Å²) in [6.45, 7) is 8.25. The molecule has 1 aliphatic rings. The van der Waals surface area contributed by atoms with E-state index in [1.807, 2.05) is 6.92 Å². The Bertz CT molecular complexity index is 550. The Balaban J connectivity index is 2.10. The van der Waals surface area contributed by atoms with Gasteiger partial charge in [-0.3, -0.25) is 9.48 Å². The molecule has 0 aromatic carbocycles. The number of aromatic nitrogens is 2. The molecule has 1 aromatic rings. The van der Waals surface area contributed by atoms with Gasteiger partial charge in [-0.2, -0.15) is 5.10 Å². The van der Waals surface area contributed by atoms with Crippen molar-refractivity contribution in [1.29, 1.82) is 0 Å². The minimum absolute atomic E-state index is 0.0185. The van der Waals surface area contributed by atoms with Gasteiger partial charge in [0.15, 0.2) is 0 Å². The highest BCUT2D eigenvalue weighted by atomic mass is 35.5. The van der Waals surface area contributed by atoms with Crippen molar-refractivity contribution in [2.75, 3.05) is 13.1 Å². The number of nitrogens with zero attached hydrogens (tertiary/aromatic N) is 3. The molecule has 5 nitrogen and oxygen atoms in total. The lowest BCUT2D eigenvalue weighted by Crippen LogP contribution is -2.30. The van der Waals surface area contributed by atoms with Gasteiger partial charge in [-0.05, 0) is 25.3 Å². The first-order valence-corrected chi connectivity index (χ1v) is 7.71. The first-order valence-electron chi connectivity index (χ1n) is 7.34. The van der Waals surface area contributed by atoms with Gasteiger partial charge in [0.05, 0.1) is 5.69 Å². The zero-order valence-electron chi connectivity index (χ0n) is 12.8. The summed E-state index contributed by atoms with van der Waals surface area (Å²) in [5.41, 5.74) is 7.47. The van der Waals surface area contributed by atoms with Crippen molar-refractivity contribution in [3.8, 4) is 0 Å². The summed E-state index contributed by atoms with van der Waals surface area (Å²) in [5.74, 6) is 0.446. The molecule has 0 spiro atoms. The van der Waals surface area contributed by atoms with Crippen LogP contribution in [0.25, 0.3) is 6.08 Å². The zero-order chi connectivity index (χ0) is 15.6. The predicted molar refractivity (Wildman–Crippen MR) is 85.0 cm³/mol. The molecule has 0 saturated carbocycles. The van der Waals surface area contributed by atoms with E-state index in [4.69, 9.17) is 17.3 Å². The van der Waals surface area contributed by atoms with Crippen LogP contribution in [0.5, 0.6) is 0 Å². The van der Waals surface area contributed by atoms with Gasteiger partial charge in [-0.15, -0.1) is 0 Å². The molecule has 0 radical (unpaired) electrons. The molecule has 21 heavy (non-hydrogen) atoms. The molecule has 0 aliphatic carbocycles. The van der Waals surface area contributed by atoms with Crippen LogP contribution in [0.1, 0.15) is 31.5 Å². The standard InChI is InChI=1S/C15H23ClN4O/c1-10(2)8-20-15(16)13(11(3)18-20)4-5-14(21)19-7-6-12(17)9-19/h4-5,10,12H,6-9,17H2,1-3H3/b5-4+/t12-/m1/s1. The lowest BCUT2D eigenvalue weighted by atomic mass is 10.2. The van der Waals surface area contributed by atoms with Crippen LogP contribution in [0.3, 0.4) is 0 Å². The van der Waals surface area contributed by atoms with E-state index in [0.29, 0.717) is 17.6 Å². The van der Waals surface area contributed by atoms with Gasteiger partial charge in [0.1, 0.15) is 5.15 Å². The molecule has 1 amide bonds. The Morgan fingerprint density at radius 3 is 2.86 bits per heavy atom. The molecule has 0 unspecified atom stereocenters. The number of hydrogen-bond acceptors (Lipinski definition) is 3. The van der Waals surface area contributed by atoms with Crippen LogP contribution in [0.15, 0.2) is 6.08 Å². The Morgan fingerprint density at radius 1 is 1.57 bits per heavy atom. The van der Waals surface area contributed by atoms with Gasteiger partial charge in [-0.1, -0.05) is 25.4 Å². The van der Waals surface area contributed by atoms with Gasteiger partial charge in [-0.25, -0.2) is 0 Å². The highest BCUT2D eigenvalue weighted by Crippen LogP contribution is 2.22. The molecule has 2 heterocycles. The Kier molecular flexibility index (Phi) is 5.06. The van der Waals surface area contributed by atoms with Gasteiger partial charge in [0, 0.05) is 37.3 Å². The molecule has 1 saturated heterocycles. The molecule has 1 fully saturated rings. The number of nitrogens with two attached hydrogens (primary N) is 1.